The van der Waals surface area contributed by atoms with E-state index in [1.165, 1.54) is 24.3 Å². The summed E-state index contributed by atoms with van der Waals surface area (Å²) >= 11 is 0. The van der Waals surface area contributed by atoms with Gasteiger partial charge in [0.2, 0.25) is 0 Å². The molecule has 0 unspecified atom stereocenters. The van der Waals surface area contributed by atoms with Gasteiger partial charge in [-0.25, -0.2) is 8.78 Å². The first-order valence-corrected chi connectivity index (χ1v) is 9.52. The van der Waals surface area contributed by atoms with Crippen LogP contribution in [0.25, 0.3) is 0 Å². The van der Waals surface area contributed by atoms with Gasteiger partial charge in [0, 0.05) is 45.8 Å². The molecule has 2 aromatic rings. The summed E-state index contributed by atoms with van der Waals surface area (Å²) in [5, 5.41) is 3.46. The Hall–Kier alpha value is -2.47. The van der Waals surface area contributed by atoms with Crippen LogP contribution in [0.1, 0.15) is 24.0 Å². The zero-order valence-electron chi connectivity index (χ0n) is 16.4. The molecular formula is C22H27F2N3O. The van der Waals surface area contributed by atoms with Gasteiger partial charge in [0.15, 0.2) is 5.96 Å². The molecule has 0 saturated carbocycles. The molecule has 1 saturated heterocycles. The molecule has 0 atom stereocenters. The summed E-state index contributed by atoms with van der Waals surface area (Å²) in [7, 11) is 3.66. The van der Waals surface area contributed by atoms with Crippen molar-refractivity contribution in [2.75, 3.05) is 33.9 Å². The fourth-order valence-corrected chi connectivity index (χ4v) is 3.75. The van der Waals surface area contributed by atoms with Gasteiger partial charge in [-0.05, 0) is 48.2 Å². The molecule has 3 rings (SSSR count). The van der Waals surface area contributed by atoms with Crippen molar-refractivity contribution < 1.29 is 13.5 Å². The van der Waals surface area contributed by atoms with E-state index < -0.39 is 0 Å². The topological polar surface area (TPSA) is 36.9 Å². The highest BCUT2D eigenvalue weighted by Crippen LogP contribution is 2.34. The molecule has 0 aromatic heterocycles. The molecule has 0 amide bonds. The van der Waals surface area contributed by atoms with E-state index in [1.807, 2.05) is 30.1 Å². The molecule has 1 N–H and O–H groups in total. The molecule has 4 nitrogen and oxygen atoms in total. The molecule has 1 aliphatic rings. The number of rotatable bonds is 5. The predicted molar refractivity (Wildman–Crippen MR) is 107 cm³/mol. The van der Waals surface area contributed by atoms with Crippen molar-refractivity contribution >= 4 is 5.96 Å². The highest BCUT2D eigenvalue weighted by molar-refractivity contribution is 5.79. The quantitative estimate of drug-likeness (QED) is 0.628. The largest absolute Gasteiger partial charge is 0.381 e. The summed E-state index contributed by atoms with van der Waals surface area (Å²) < 4.78 is 32.4. The number of ether oxygens (including phenoxy) is 1. The Balaban J connectivity index is 1.71. The second-order valence-electron chi connectivity index (χ2n) is 7.29. The van der Waals surface area contributed by atoms with Gasteiger partial charge in [-0.3, -0.25) is 4.99 Å². The first kappa shape index (κ1) is 20.3. The standard InChI is InChI=1S/C22H27F2N3O/c1-25-21(27(2)15-17-4-3-5-20(24)14-17)26-16-22(10-12-28-13-11-22)18-6-8-19(23)9-7-18/h3-9,14H,10-13,15-16H2,1-2H3,(H,25,26). The highest BCUT2D eigenvalue weighted by atomic mass is 19.1. The fraction of sp³-hybridized carbons (Fsp3) is 0.409. The van der Waals surface area contributed by atoms with Gasteiger partial charge in [0.05, 0.1) is 0 Å². The number of hydrogen-bond acceptors (Lipinski definition) is 2. The Morgan fingerprint density at radius 2 is 1.82 bits per heavy atom. The summed E-state index contributed by atoms with van der Waals surface area (Å²) in [6.45, 7) is 2.57. The number of aliphatic imine (C=N–C) groups is 1. The third-order valence-corrected chi connectivity index (χ3v) is 5.37. The Bertz CT molecular complexity index is 802. The van der Waals surface area contributed by atoms with Gasteiger partial charge in [0.1, 0.15) is 11.6 Å². The third kappa shape index (κ3) is 4.87. The molecular weight excluding hydrogens is 360 g/mol. The third-order valence-electron chi connectivity index (χ3n) is 5.37. The van der Waals surface area contributed by atoms with E-state index in [0.29, 0.717) is 26.3 Å². The van der Waals surface area contributed by atoms with Crippen LogP contribution in [0.4, 0.5) is 8.78 Å². The zero-order valence-corrected chi connectivity index (χ0v) is 16.4. The second-order valence-corrected chi connectivity index (χ2v) is 7.29. The van der Waals surface area contributed by atoms with Crippen LogP contribution in [-0.4, -0.2) is 44.7 Å². The lowest BCUT2D eigenvalue weighted by molar-refractivity contribution is 0.0512. The summed E-state index contributed by atoms with van der Waals surface area (Å²) in [5.41, 5.74) is 1.85. The minimum Gasteiger partial charge on any atom is -0.381 e. The van der Waals surface area contributed by atoms with Crippen LogP contribution in [0.3, 0.4) is 0 Å². The molecule has 1 aliphatic heterocycles. The lowest BCUT2D eigenvalue weighted by Crippen LogP contribution is -2.48. The van der Waals surface area contributed by atoms with Gasteiger partial charge < -0.3 is 15.0 Å². The number of nitrogens with one attached hydrogen (secondary N) is 1. The van der Waals surface area contributed by atoms with E-state index in [2.05, 4.69) is 10.3 Å². The average Bonchev–Trinajstić information content (AvgIpc) is 2.69. The fourth-order valence-electron chi connectivity index (χ4n) is 3.75. The van der Waals surface area contributed by atoms with Crippen molar-refractivity contribution in [1.82, 2.24) is 10.2 Å². The molecule has 2 aromatic carbocycles. The monoisotopic (exact) mass is 387 g/mol. The summed E-state index contributed by atoms with van der Waals surface area (Å²) in [6.07, 6.45) is 1.71. The van der Waals surface area contributed by atoms with E-state index >= 15 is 0 Å². The van der Waals surface area contributed by atoms with E-state index in [0.717, 1.165) is 29.9 Å². The lowest BCUT2D eigenvalue weighted by Gasteiger charge is -2.39. The van der Waals surface area contributed by atoms with Crippen LogP contribution in [0.2, 0.25) is 0 Å². The zero-order chi connectivity index (χ0) is 20.0. The van der Waals surface area contributed by atoms with Crippen LogP contribution in [0.5, 0.6) is 0 Å². The van der Waals surface area contributed by atoms with Crippen LogP contribution >= 0.6 is 0 Å². The maximum absolute atomic E-state index is 13.5. The van der Waals surface area contributed by atoms with Crippen LogP contribution in [-0.2, 0) is 16.7 Å². The molecule has 0 aliphatic carbocycles. The van der Waals surface area contributed by atoms with E-state index in [-0.39, 0.29) is 17.0 Å². The van der Waals surface area contributed by atoms with Crippen LogP contribution in [0.15, 0.2) is 53.5 Å². The number of nitrogens with zero attached hydrogens (tertiary/aromatic N) is 2. The predicted octanol–water partition coefficient (Wildman–Crippen LogP) is 3.72. The molecule has 28 heavy (non-hydrogen) atoms. The molecule has 0 radical (unpaired) electrons. The maximum atomic E-state index is 13.5. The van der Waals surface area contributed by atoms with Crippen molar-refractivity contribution in [3.05, 3.63) is 71.3 Å². The second kappa shape index (κ2) is 9.15. The van der Waals surface area contributed by atoms with Gasteiger partial charge >= 0.3 is 0 Å². The van der Waals surface area contributed by atoms with Crippen molar-refractivity contribution in [1.29, 1.82) is 0 Å². The van der Waals surface area contributed by atoms with Crippen LogP contribution < -0.4 is 5.32 Å². The Kier molecular flexibility index (Phi) is 6.62. The number of halogens is 2. The maximum Gasteiger partial charge on any atom is 0.193 e. The van der Waals surface area contributed by atoms with Gasteiger partial charge in [-0.15, -0.1) is 0 Å². The van der Waals surface area contributed by atoms with Crippen molar-refractivity contribution in [2.45, 2.75) is 24.8 Å². The first-order valence-electron chi connectivity index (χ1n) is 9.52. The molecule has 0 spiro atoms. The Labute approximate surface area is 165 Å². The van der Waals surface area contributed by atoms with Gasteiger partial charge in [-0.2, -0.15) is 0 Å². The smallest absolute Gasteiger partial charge is 0.193 e. The first-order chi connectivity index (χ1) is 13.5. The van der Waals surface area contributed by atoms with Crippen molar-refractivity contribution in [3.8, 4) is 0 Å². The summed E-state index contributed by atoms with van der Waals surface area (Å²) in [6, 6.07) is 13.3. The van der Waals surface area contributed by atoms with Gasteiger partial charge in [0.25, 0.3) is 0 Å². The average molecular weight is 387 g/mol. The molecule has 6 heteroatoms. The van der Waals surface area contributed by atoms with E-state index in [9.17, 15) is 8.78 Å². The number of hydrogen-bond donors (Lipinski definition) is 1. The van der Waals surface area contributed by atoms with Crippen molar-refractivity contribution in [2.24, 2.45) is 4.99 Å². The SMILES string of the molecule is CN=C(NCC1(c2ccc(F)cc2)CCOCC1)N(C)Cc1cccc(F)c1. The highest BCUT2D eigenvalue weighted by Gasteiger charge is 2.34. The molecule has 0 bridgehead atoms. The Morgan fingerprint density at radius 3 is 2.46 bits per heavy atom. The van der Waals surface area contributed by atoms with Gasteiger partial charge in [-0.1, -0.05) is 24.3 Å². The molecule has 1 fully saturated rings. The number of benzene rings is 2. The van der Waals surface area contributed by atoms with Crippen molar-refractivity contribution in [3.63, 3.8) is 0 Å². The Morgan fingerprint density at radius 1 is 1.11 bits per heavy atom. The lowest BCUT2D eigenvalue weighted by atomic mass is 9.74. The van der Waals surface area contributed by atoms with Crippen LogP contribution in [0, 0.1) is 11.6 Å². The normalized spacial score (nSPS) is 16.6. The molecule has 150 valence electrons. The van der Waals surface area contributed by atoms with E-state index in [1.54, 1.807) is 13.1 Å². The summed E-state index contributed by atoms with van der Waals surface area (Å²) in [4.78, 5) is 6.34. The summed E-state index contributed by atoms with van der Waals surface area (Å²) in [5.74, 6) is 0.258. The molecule has 1 heterocycles. The minimum atomic E-state index is -0.244. The minimum absolute atomic E-state index is 0.137. The van der Waals surface area contributed by atoms with E-state index in [4.69, 9.17) is 4.74 Å². The number of guanidine groups is 1.